The molecule has 2 N–H and O–H groups in total. The van der Waals surface area contributed by atoms with E-state index in [-0.39, 0.29) is 17.7 Å². The van der Waals surface area contributed by atoms with Gasteiger partial charge in [0.15, 0.2) is 0 Å². The first kappa shape index (κ1) is 30.7. The molecule has 1 amide bonds. The second-order valence-corrected chi connectivity index (χ2v) is 12.1. The van der Waals surface area contributed by atoms with Gasteiger partial charge >= 0.3 is 6.18 Å². The Morgan fingerprint density at radius 3 is 2.36 bits per heavy atom. The van der Waals surface area contributed by atoms with E-state index in [0.717, 1.165) is 49.6 Å². The number of carbonyl (C=O) groups is 1. The van der Waals surface area contributed by atoms with Crippen molar-refractivity contribution in [3.05, 3.63) is 89.5 Å². The number of hydrogen-bond donors (Lipinski definition) is 2. The molecule has 2 fully saturated rings. The normalized spacial score (nSPS) is 18.5. The number of nitrogens with zero attached hydrogens (tertiary/aromatic N) is 2. The molecule has 2 aliphatic heterocycles. The van der Waals surface area contributed by atoms with Crippen molar-refractivity contribution in [3.63, 3.8) is 0 Å². The van der Waals surface area contributed by atoms with E-state index >= 15 is 0 Å². The van der Waals surface area contributed by atoms with Crippen molar-refractivity contribution < 1.29 is 27.4 Å². The summed E-state index contributed by atoms with van der Waals surface area (Å²) in [7, 11) is 3.66. The summed E-state index contributed by atoms with van der Waals surface area (Å²) < 4.78 is 53.0. The molecule has 0 unspecified atom stereocenters. The fourth-order valence-corrected chi connectivity index (χ4v) is 6.43. The molecule has 0 bridgehead atoms. The van der Waals surface area contributed by atoms with Gasteiger partial charge in [-0.1, -0.05) is 36.8 Å². The zero-order valence-electron chi connectivity index (χ0n) is 25.4. The lowest BCUT2D eigenvalue weighted by molar-refractivity contribution is -0.126. The Kier molecular flexibility index (Phi) is 8.35. The highest BCUT2D eigenvalue weighted by molar-refractivity contribution is 6.11. The van der Waals surface area contributed by atoms with Crippen LogP contribution >= 0.6 is 0 Å². The lowest BCUT2D eigenvalue weighted by Crippen LogP contribution is -2.44. The molecule has 0 aromatic heterocycles. The number of alkyl halides is 3. The zero-order chi connectivity index (χ0) is 31.8. The number of likely N-dealkylation sites (tertiary alicyclic amines) is 1. The minimum absolute atomic E-state index is 0.0190. The van der Waals surface area contributed by atoms with E-state index in [1.165, 1.54) is 0 Å². The molecular formula is C35H37F3N4O3. The van der Waals surface area contributed by atoms with Crippen molar-refractivity contribution in [1.29, 1.82) is 5.41 Å². The molecule has 236 valence electrons. The fraction of sp³-hybridized carbons (Fsp3) is 0.371. The van der Waals surface area contributed by atoms with Gasteiger partial charge in [0.05, 0.1) is 24.8 Å². The second kappa shape index (κ2) is 12.2. The van der Waals surface area contributed by atoms with Gasteiger partial charge < -0.3 is 24.6 Å². The zero-order valence-corrected chi connectivity index (χ0v) is 25.4. The molecule has 2 heterocycles. The highest BCUT2D eigenvalue weighted by Gasteiger charge is 2.55. The first-order valence-corrected chi connectivity index (χ1v) is 15.3. The maximum atomic E-state index is 14.3. The molecular weight excluding hydrogens is 581 g/mol. The molecule has 1 aliphatic carbocycles. The smallest absolute Gasteiger partial charge is 0.432 e. The highest BCUT2D eigenvalue weighted by atomic mass is 19.4. The molecule has 0 radical (unpaired) electrons. The maximum Gasteiger partial charge on any atom is 0.432 e. The molecule has 7 nitrogen and oxygen atoms in total. The van der Waals surface area contributed by atoms with E-state index in [1.54, 1.807) is 42.3 Å². The van der Waals surface area contributed by atoms with Gasteiger partial charge in [0.25, 0.3) is 0 Å². The number of fused-ring (bicyclic) bond motifs is 2. The minimum Gasteiger partial charge on any atom is -0.497 e. The number of methoxy groups -OCH3 is 1. The third-order valence-corrected chi connectivity index (χ3v) is 9.14. The molecule has 3 aromatic carbocycles. The number of piperidine rings is 1. The number of halogens is 3. The predicted octanol–water partition coefficient (Wildman–Crippen LogP) is 7.17. The highest BCUT2D eigenvalue weighted by Crippen LogP contribution is 2.57. The van der Waals surface area contributed by atoms with Gasteiger partial charge in [-0.05, 0) is 86.3 Å². The van der Waals surface area contributed by atoms with Gasteiger partial charge in [0, 0.05) is 30.0 Å². The van der Waals surface area contributed by atoms with Crippen LogP contribution in [0.5, 0.6) is 11.5 Å². The summed E-state index contributed by atoms with van der Waals surface area (Å²) in [6.45, 7) is 2.03. The van der Waals surface area contributed by atoms with Crippen LogP contribution in [0.25, 0.3) is 5.70 Å². The number of amides is 1. The largest absolute Gasteiger partial charge is 0.497 e. The first-order valence-electron chi connectivity index (χ1n) is 15.3. The van der Waals surface area contributed by atoms with E-state index in [1.807, 2.05) is 36.4 Å². The molecule has 45 heavy (non-hydrogen) atoms. The van der Waals surface area contributed by atoms with Crippen molar-refractivity contribution in [1.82, 2.24) is 4.90 Å². The third kappa shape index (κ3) is 6.16. The van der Waals surface area contributed by atoms with Crippen molar-refractivity contribution in [2.24, 2.45) is 0 Å². The lowest BCUT2D eigenvalue weighted by Gasteiger charge is -2.37. The quantitative estimate of drug-likeness (QED) is 0.249. The van der Waals surface area contributed by atoms with Crippen LogP contribution in [-0.4, -0.2) is 56.0 Å². The minimum atomic E-state index is -4.83. The van der Waals surface area contributed by atoms with Gasteiger partial charge in [-0.2, -0.15) is 13.2 Å². The number of benzene rings is 3. The Morgan fingerprint density at radius 1 is 1.07 bits per heavy atom. The molecule has 0 atom stereocenters. The number of allylic oxidation sites excluding steroid dienone is 1. The van der Waals surface area contributed by atoms with Crippen LogP contribution in [0.15, 0.2) is 72.8 Å². The van der Waals surface area contributed by atoms with Crippen LogP contribution in [-0.2, 0) is 16.8 Å². The average molecular weight is 619 g/mol. The third-order valence-electron chi connectivity index (χ3n) is 9.14. The van der Waals surface area contributed by atoms with Gasteiger partial charge in [0.1, 0.15) is 23.3 Å². The molecule has 3 aromatic rings. The number of para-hydroxylation sites is 1. The molecule has 1 saturated heterocycles. The van der Waals surface area contributed by atoms with E-state index in [4.69, 9.17) is 14.9 Å². The van der Waals surface area contributed by atoms with Crippen LogP contribution in [0.3, 0.4) is 0 Å². The van der Waals surface area contributed by atoms with E-state index in [9.17, 15) is 18.0 Å². The Labute approximate surface area is 261 Å². The maximum absolute atomic E-state index is 14.3. The van der Waals surface area contributed by atoms with Crippen LogP contribution in [0, 0.1) is 5.41 Å². The Hall–Kier alpha value is -4.31. The van der Waals surface area contributed by atoms with Gasteiger partial charge in [0.2, 0.25) is 5.91 Å². The van der Waals surface area contributed by atoms with Crippen molar-refractivity contribution in [3.8, 4) is 11.5 Å². The number of hydrogen-bond acceptors (Lipinski definition) is 6. The molecule has 3 aliphatic rings. The molecule has 6 rings (SSSR count). The van der Waals surface area contributed by atoms with Crippen LogP contribution in [0.2, 0.25) is 0 Å². The molecule has 10 heteroatoms. The summed E-state index contributed by atoms with van der Waals surface area (Å²) >= 11 is 0. The number of anilines is 2. The topological polar surface area (TPSA) is 77.9 Å². The van der Waals surface area contributed by atoms with Crippen LogP contribution in [0.1, 0.15) is 48.8 Å². The second-order valence-electron chi connectivity index (χ2n) is 12.1. The van der Waals surface area contributed by atoms with Gasteiger partial charge in [-0.15, -0.1) is 0 Å². The first-order chi connectivity index (χ1) is 21.6. The summed E-state index contributed by atoms with van der Waals surface area (Å²) in [6, 6.07) is 20.0. The predicted molar refractivity (Wildman–Crippen MR) is 169 cm³/mol. The number of carbonyl (C=O) groups excluding carboxylic acids is 1. The summed E-state index contributed by atoms with van der Waals surface area (Å²) in [5.74, 6) is 1.17. The van der Waals surface area contributed by atoms with Crippen molar-refractivity contribution >= 4 is 28.7 Å². The van der Waals surface area contributed by atoms with Crippen molar-refractivity contribution in [2.45, 2.75) is 56.3 Å². The Balaban J connectivity index is 1.49. The fourth-order valence-electron chi connectivity index (χ4n) is 6.43. The summed E-state index contributed by atoms with van der Waals surface area (Å²) in [4.78, 5) is 18.3. The Morgan fingerprint density at radius 2 is 1.76 bits per heavy atom. The van der Waals surface area contributed by atoms with Crippen LogP contribution < -0.4 is 19.7 Å². The summed E-state index contributed by atoms with van der Waals surface area (Å²) in [5, 5.41) is 10.9. The molecule has 1 spiro atoms. The van der Waals surface area contributed by atoms with E-state index in [2.05, 4.69) is 17.3 Å². The number of ether oxygens (including phenoxy) is 2. The summed E-state index contributed by atoms with van der Waals surface area (Å²) in [5.41, 5.74) is 1.25. The summed E-state index contributed by atoms with van der Waals surface area (Å²) in [6.07, 6.45) is -0.369. The SMILES string of the molecule is COc1ccc(CN2C(=O)C3(CCC3)c3cc(/C(=C/C(=N)C(F)(F)F)Nc4ccccc4)cc(OC4CCN(C)CC4)c32)cc1. The Bertz CT molecular complexity index is 1590. The monoisotopic (exact) mass is 618 g/mol. The number of nitrogens with one attached hydrogen (secondary N) is 2. The van der Waals surface area contributed by atoms with E-state index in [0.29, 0.717) is 47.8 Å². The van der Waals surface area contributed by atoms with Gasteiger partial charge in [-0.3, -0.25) is 10.2 Å². The van der Waals surface area contributed by atoms with Crippen molar-refractivity contribution in [2.75, 3.05) is 37.5 Å². The van der Waals surface area contributed by atoms with Crippen LogP contribution in [0.4, 0.5) is 24.5 Å². The lowest BCUT2D eigenvalue weighted by atomic mass is 9.65. The average Bonchev–Trinajstić information content (AvgIpc) is 3.26. The van der Waals surface area contributed by atoms with Gasteiger partial charge in [-0.25, -0.2) is 0 Å². The number of rotatable bonds is 9. The molecule has 1 saturated carbocycles. The standard InChI is InChI=1S/C35H37F3N4O3/c1-41-17-13-27(14-18-41)45-30-20-24(29(21-31(39)35(36,37)38)40-25-7-4-3-5-8-25)19-28-32(30)42(33(43)34(28)15-6-16-34)22-23-9-11-26(44-2)12-10-23/h3-5,7-12,19-21,27,39-40H,6,13-18,22H2,1-2H3/b29-21-,39-31?. The van der Waals surface area contributed by atoms with E-state index < -0.39 is 17.3 Å².